The lowest BCUT2D eigenvalue weighted by molar-refractivity contribution is -0.115. The predicted octanol–water partition coefficient (Wildman–Crippen LogP) is 4.62. The van der Waals surface area contributed by atoms with E-state index in [0.29, 0.717) is 28.1 Å². The fourth-order valence-corrected chi connectivity index (χ4v) is 5.87. The number of methoxy groups -OCH3 is 1. The molecule has 1 atom stereocenters. The molecule has 0 bridgehead atoms. The maximum Gasteiger partial charge on any atom is 0.270 e. The Morgan fingerprint density at radius 3 is 2.46 bits per heavy atom. The number of hydrogen-bond acceptors (Lipinski definition) is 5. The fourth-order valence-electron chi connectivity index (χ4n) is 4.15. The van der Waals surface area contributed by atoms with E-state index in [-0.39, 0.29) is 17.3 Å². The van der Waals surface area contributed by atoms with Crippen molar-refractivity contribution in [2.45, 2.75) is 17.9 Å². The molecule has 5 rings (SSSR count). The molecule has 3 aromatic carbocycles. The van der Waals surface area contributed by atoms with E-state index in [1.165, 1.54) is 3.97 Å². The first-order valence-corrected chi connectivity index (χ1v) is 13.1. The van der Waals surface area contributed by atoms with Gasteiger partial charge in [0.1, 0.15) is 11.5 Å². The third kappa shape index (κ3) is 4.26. The van der Waals surface area contributed by atoms with E-state index in [0.717, 1.165) is 15.4 Å². The van der Waals surface area contributed by atoms with Crippen LogP contribution in [0.3, 0.4) is 0 Å². The van der Waals surface area contributed by atoms with Crippen molar-refractivity contribution in [2.75, 3.05) is 13.7 Å². The number of carbonyl (C=O) groups excluding carboxylic acids is 1. The molecule has 2 heterocycles. The van der Waals surface area contributed by atoms with Gasteiger partial charge in [-0.15, -0.1) is 0 Å². The van der Waals surface area contributed by atoms with Gasteiger partial charge in [-0.3, -0.25) is 9.79 Å². The average molecular weight is 552 g/mol. The molecular formula is C26H22BrN3O4S. The maximum absolute atomic E-state index is 13.6. The molecule has 1 aromatic heterocycles. The lowest BCUT2D eigenvalue weighted by atomic mass is 10.0. The van der Waals surface area contributed by atoms with Gasteiger partial charge in [-0.2, -0.15) is 0 Å². The lowest BCUT2D eigenvalue weighted by Gasteiger charge is -2.21. The molecule has 1 N–H and O–H groups in total. The Kier molecular flexibility index (Phi) is 5.98. The van der Waals surface area contributed by atoms with Crippen molar-refractivity contribution in [2.24, 2.45) is 4.99 Å². The van der Waals surface area contributed by atoms with E-state index >= 15 is 0 Å². The molecular weight excluding hydrogens is 530 g/mol. The zero-order valence-corrected chi connectivity index (χ0v) is 21.4. The summed E-state index contributed by atoms with van der Waals surface area (Å²) in [6.45, 7) is 2.17. The van der Waals surface area contributed by atoms with E-state index in [4.69, 9.17) is 9.73 Å². The van der Waals surface area contributed by atoms with Crippen LogP contribution in [0.1, 0.15) is 22.7 Å². The Morgan fingerprint density at radius 1 is 1.06 bits per heavy atom. The molecule has 9 heteroatoms. The van der Waals surface area contributed by atoms with Crippen LogP contribution in [-0.2, 0) is 14.8 Å². The van der Waals surface area contributed by atoms with Gasteiger partial charge in [0.2, 0.25) is 0 Å². The van der Waals surface area contributed by atoms with Crippen molar-refractivity contribution in [3.63, 3.8) is 0 Å². The normalized spacial score (nSPS) is 16.1. The summed E-state index contributed by atoms with van der Waals surface area (Å²) in [6.07, 6.45) is 1.61. The summed E-state index contributed by atoms with van der Waals surface area (Å²) in [5.74, 6) is 0.405. The molecule has 1 unspecified atom stereocenters. The quantitative estimate of drug-likeness (QED) is 0.392. The molecule has 0 radical (unpaired) electrons. The van der Waals surface area contributed by atoms with Crippen molar-refractivity contribution in [1.82, 2.24) is 9.29 Å². The number of hydrogen-bond donors (Lipinski definition) is 1. The van der Waals surface area contributed by atoms with Crippen LogP contribution in [0.2, 0.25) is 0 Å². The first-order chi connectivity index (χ1) is 16.8. The summed E-state index contributed by atoms with van der Waals surface area (Å²) in [4.78, 5) is 17.6. The van der Waals surface area contributed by atoms with Crippen molar-refractivity contribution in [1.29, 1.82) is 0 Å². The molecule has 0 spiro atoms. The number of fused-ring (bicyclic) bond motifs is 1. The van der Waals surface area contributed by atoms with Gasteiger partial charge in [-0.1, -0.05) is 39.7 Å². The number of amides is 1. The van der Waals surface area contributed by atoms with Crippen LogP contribution in [0.4, 0.5) is 0 Å². The Hall–Kier alpha value is -3.43. The van der Waals surface area contributed by atoms with Gasteiger partial charge in [-0.25, -0.2) is 12.4 Å². The highest BCUT2D eigenvalue weighted by molar-refractivity contribution is 9.10. The summed E-state index contributed by atoms with van der Waals surface area (Å²) < 4.78 is 34.5. The van der Waals surface area contributed by atoms with Crippen molar-refractivity contribution in [3.05, 3.63) is 94.1 Å². The second kappa shape index (κ2) is 8.98. The lowest BCUT2D eigenvalue weighted by Crippen LogP contribution is -2.39. The van der Waals surface area contributed by atoms with Crippen LogP contribution in [0.15, 0.2) is 87.3 Å². The number of benzene rings is 3. The largest absolute Gasteiger partial charge is 0.497 e. The fraction of sp³-hybridized carbons (Fsp3) is 0.154. The van der Waals surface area contributed by atoms with E-state index in [1.807, 2.05) is 19.1 Å². The SMILES string of the molecule is COc1ccc(C2=NC(c3cn(S(=O)(=O)c4ccc(C)cc4)c4cc(Br)ccc34)CNC2=O)cc1. The first kappa shape index (κ1) is 23.3. The molecule has 1 aliphatic rings. The number of nitrogens with zero attached hydrogens (tertiary/aromatic N) is 2. The number of aryl methyl sites for hydroxylation is 1. The summed E-state index contributed by atoms with van der Waals surface area (Å²) in [7, 11) is -2.28. The van der Waals surface area contributed by atoms with E-state index in [2.05, 4.69) is 21.2 Å². The van der Waals surface area contributed by atoms with Gasteiger partial charge < -0.3 is 10.1 Å². The first-order valence-electron chi connectivity index (χ1n) is 10.9. The molecule has 0 saturated carbocycles. The zero-order chi connectivity index (χ0) is 24.7. The topological polar surface area (TPSA) is 89.8 Å². The average Bonchev–Trinajstić information content (AvgIpc) is 3.24. The Balaban J connectivity index is 1.65. The van der Waals surface area contributed by atoms with Gasteiger partial charge in [0.15, 0.2) is 0 Å². The van der Waals surface area contributed by atoms with Gasteiger partial charge in [0, 0.05) is 33.7 Å². The Labute approximate surface area is 211 Å². The molecule has 178 valence electrons. The van der Waals surface area contributed by atoms with E-state index in [9.17, 15) is 13.2 Å². The smallest absolute Gasteiger partial charge is 0.270 e. The minimum absolute atomic E-state index is 0.200. The number of ether oxygens (including phenoxy) is 1. The molecule has 1 aliphatic heterocycles. The number of aliphatic imine (C=N–C) groups is 1. The van der Waals surface area contributed by atoms with Crippen molar-refractivity contribution < 1.29 is 17.9 Å². The van der Waals surface area contributed by atoms with Crippen LogP contribution in [-0.4, -0.2) is 37.7 Å². The van der Waals surface area contributed by atoms with E-state index in [1.54, 1.807) is 67.9 Å². The van der Waals surface area contributed by atoms with Crippen LogP contribution in [0.25, 0.3) is 10.9 Å². The standard InChI is InChI=1S/C26H22BrN3O4S/c1-16-3-10-20(11-4-16)35(32,33)30-15-22(21-12-7-18(27)13-24(21)30)23-14-28-26(31)25(29-23)17-5-8-19(34-2)9-6-17/h3-13,15,23H,14H2,1-2H3,(H,28,31). The summed E-state index contributed by atoms with van der Waals surface area (Å²) in [5.41, 5.74) is 3.18. The van der Waals surface area contributed by atoms with Gasteiger partial charge in [0.25, 0.3) is 15.9 Å². The monoisotopic (exact) mass is 551 g/mol. The number of carbonyl (C=O) groups is 1. The summed E-state index contributed by atoms with van der Waals surface area (Å²) in [5, 5.41) is 3.65. The number of nitrogens with one attached hydrogen (secondary N) is 1. The van der Waals surface area contributed by atoms with Crippen LogP contribution in [0.5, 0.6) is 5.75 Å². The minimum atomic E-state index is -3.85. The summed E-state index contributed by atoms with van der Waals surface area (Å²) >= 11 is 3.46. The molecule has 35 heavy (non-hydrogen) atoms. The van der Waals surface area contributed by atoms with Crippen LogP contribution in [0, 0.1) is 6.92 Å². The highest BCUT2D eigenvalue weighted by atomic mass is 79.9. The third-order valence-electron chi connectivity index (χ3n) is 6.02. The molecule has 7 nitrogen and oxygen atoms in total. The molecule has 0 saturated heterocycles. The molecule has 4 aromatic rings. The van der Waals surface area contributed by atoms with Gasteiger partial charge in [0.05, 0.1) is 23.6 Å². The van der Waals surface area contributed by atoms with Crippen LogP contribution >= 0.6 is 15.9 Å². The summed E-state index contributed by atoms with van der Waals surface area (Å²) in [6, 6.07) is 18.9. The van der Waals surface area contributed by atoms with Gasteiger partial charge in [-0.05, 0) is 55.5 Å². The second-order valence-electron chi connectivity index (χ2n) is 8.29. The zero-order valence-electron chi connectivity index (χ0n) is 19.0. The van der Waals surface area contributed by atoms with E-state index < -0.39 is 16.1 Å². The maximum atomic E-state index is 13.6. The Morgan fingerprint density at radius 2 is 1.77 bits per heavy atom. The van der Waals surface area contributed by atoms with Crippen LogP contribution < -0.4 is 10.1 Å². The number of aromatic nitrogens is 1. The molecule has 0 aliphatic carbocycles. The van der Waals surface area contributed by atoms with Gasteiger partial charge >= 0.3 is 0 Å². The molecule has 0 fully saturated rings. The molecule has 1 amide bonds. The predicted molar refractivity (Wildman–Crippen MR) is 139 cm³/mol. The highest BCUT2D eigenvalue weighted by Crippen LogP contribution is 2.34. The highest BCUT2D eigenvalue weighted by Gasteiger charge is 2.29. The third-order valence-corrected chi connectivity index (χ3v) is 8.20. The van der Waals surface area contributed by atoms with Crippen molar-refractivity contribution >= 4 is 48.5 Å². The number of halogens is 1. The minimum Gasteiger partial charge on any atom is -0.497 e. The number of rotatable bonds is 5. The van der Waals surface area contributed by atoms with Crippen molar-refractivity contribution in [3.8, 4) is 5.75 Å². The second-order valence-corrected chi connectivity index (χ2v) is 11.0. The Bertz CT molecular complexity index is 1570.